The SMILES string of the molecule is C[C@H](c1cnc(OCC(F)(F)F)cn1)N(C)C(=O)[C@@H]1C[C@H]1c1ccc2ccccc2n1. The van der Waals surface area contributed by atoms with Gasteiger partial charge in [0, 0.05) is 30.0 Å². The van der Waals surface area contributed by atoms with E-state index in [4.69, 9.17) is 0 Å². The molecule has 9 heteroatoms. The molecule has 2 aromatic heterocycles. The van der Waals surface area contributed by atoms with Crippen molar-refractivity contribution in [2.75, 3.05) is 13.7 Å². The van der Waals surface area contributed by atoms with Gasteiger partial charge < -0.3 is 9.64 Å². The molecule has 2 heterocycles. The predicted octanol–water partition coefficient (Wildman–Crippen LogP) is 4.29. The highest BCUT2D eigenvalue weighted by atomic mass is 19.4. The highest BCUT2D eigenvalue weighted by Gasteiger charge is 2.47. The molecule has 0 unspecified atom stereocenters. The highest BCUT2D eigenvalue weighted by molar-refractivity contribution is 5.84. The maximum Gasteiger partial charge on any atom is 0.422 e. The average molecular weight is 430 g/mol. The summed E-state index contributed by atoms with van der Waals surface area (Å²) in [4.78, 5) is 27.2. The number of carbonyl (C=O) groups is 1. The van der Waals surface area contributed by atoms with E-state index in [1.165, 1.54) is 6.20 Å². The molecule has 4 rings (SSSR count). The molecular weight excluding hydrogens is 409 g/mol. The van der Waals surface area contributed by atoms with Crippen molar-refractivity contribution in [1.29, 1.82) is 0 Å². The minimum absolute atomic E-state index is 0.0216. The van der Waals surface area contributed by atoms with Crippen LogP contribution in [0.4, 0.5) is 13.2 Å². The molecule has 1 aromatic carbocycles. The Balaban J connectivity index is 1.38. The number of hydrogen-bond acceptors (Lipinski definition) is 5. The van der Waals surface area contributed by atoms with Crippen LogP contribution in [0.3, 0.4) is 0 Å². The number of pyridine rings is 1. The van der Waals surface area contributed by atoms with Crippen molar-refractivity contribution in [2.45, 2.75) is 31.5 Å². The maximum absolute atomic E-state index is 12.9. The van der Waals surface area contributed by atoms with Crippen LogP contribution >= 0.6 is 0 Å². The summed E-state index contributed by atoms with van der Waals surface area (Å²) in [5.74, 6) is -0.307. The molecule has 1 aliphatic rings. The summed E-state index contributed by atoms with van der Waals surface area (Å²) in [6, 6.07) is 11.4. The van der Waals surface area contributed by atoms with Crippen LogP contribution in [0.1, 0.15) is 36.7 Å². The summed E-state index contributed by atoms with van der Waals surface area (Å²) in [5, 5.41) is 1.06. The molecule has 3 atom stereocenters. The summed E-state index contributed by atoms with van der Waals surface area (Å²) in [6.07, 6.45) is -1.25. The minimum Gasteiger partial charge on any atom is -0.467 e. The third kappa shape index (κ3) is 4.76. The smallest absolute Gasteiger partial charge is 0.422 e. The van der Waals surface area contributed by atoms with E-state index in [-0.39, 0.29) is 29.7 Å². The van der Waals surface area contributed by atoms with E-state index in [2.05, 4.69) is 19.7 Å². The molecule has 0 spiro atoms. The lowest BCUT2D eigenvalue weighted by atomic mass is 10.1. The van der Waals surface area contributed by atoms with Gasteiger partial charge in [-0.25, -0.2) is 4.98 Å². The number of rotatable bonds is 6. The normalized spacial score (nSPS) is 19.1. The van der Waals surface area contributed by atoms with Gasteiger partial charge in [-0.05, 0) is 25.5 Å². The van der Waals surface area contributed by atoms with Gasteiger partial charge in [0.05, 0.1) is 29.6 Å². The van der Waals surface area contributed by atoms with E-state index < -0.39 is 12.8 Å². The molecule has 1 aliphatic carbocycles. The van der Waals surface area contributed by atoms with Crippen molar-refractivity contribution in [1.82, 2.24) is 19.9 Å². The fourth-order valence-electron chi connectivity index (χ4n) is 3.51. The monoisotopic (exact) mass is 430 g/mol. The number of nitrogens with zero attached hydrogens (tertiary/aromatic N) is 4. The zero-order chi connectivity index (χ0) is 22.2. The first-order valence-corrected chi connectivity index (χ1v) is 9.87. The van der Waals surface area contributed by atoms with E-state index >= 15 is 0 Å². The van der Waals surface area contributed by atoms with Gasteiger partial charge in [-0.1, -0.05) is 24.3 Å². The van der Waals surface area contributed by atoms with Gasteiger partial charge in [0.15, 0.2) is 6.61 Å². The standard InChI is InChI=1S/C22H21F3N4O2/c1-13(19-10-27-20(11-26-19)31-12-22(23,24)25)29(2)21(30)16-9-15(16)18-8-7-14-5-3-4-6-17(14)28-18/h3-8,10-11,13,15-16H,9,12H2,1-2H3/t13-,15-,16-/m1/s1. The van der Waals surface area contributed by atoms with Crippen LogP contribution in [-0.2, 0) is 4.79 Å². The molecule has 1 saturated carbocycles. The van der Waals surface area contributed by atoms with E-state index in [1.54, 1.807) is 18.9 Å². The van der Waals surface area contributed by atoms with E-state index in [0.717, 1.165) is 29.2 Å². The molecule has 1 amide bonds. The molecule has 31 heavy (non-hydrogen) atoms. The fraction of sp³-hybridized carbons (Fsp3) is 0.364. The number of alkyl halides is 3. The topological polar surface area (TPSA) is 68.2 Å². The Hall–Kier alpha value is -3.23. The van der Waals surface area contributed by atoms with Crippen LogP contribution in [-0.4, -0.2) is 45.6 Å². The van der Waals surface area contributed by atoms with Crippen LogP contribution < -0.4 is 4.74 Å². The second-order valence-electron chi connectivity index (χ2n) is 7.69. The largest absolute Gasteiger partial charge is 0.467 e. The Labute approximate surface area is 177 Å². The summed E-state index contributed by atoms with van der Waals surface area (Å²) in [6.45, 7) is 0.366. The Kier molecular flexibility index (Phi) is 5.51. The summed E-state index contributed by atoms with van der Waals surface area (Å²) in [5.41, 5.74) is 2.28. The van der Waals surface area contributed by atoms with Gasteiger partial charge in [-0.3, -0.25) is 14.8 Å². The van der Waals surface area contributed by atoms with Crippen molar-refractivity contribution >= 4 is 16.8 Å². The maximum atomic E-state index is 12.9. The van der Waals surface area contributed by atoms with Gasteiger partial charge >= 0.3 is 6.18 Å². The van der Waals surface area contributed by atoms with Crippen LogP contribution in [0.2, 0.25) is 0 Å². The van der Waals surface area contributed by atoms with Gasteiger partial charge in [-0.15, -0.1) is 0 Å². The van der Waals surface area contributed by atoms with Crippen LogP contribution in [0.5, 0.6) is 5.88 Å². The van der Waals surface area contributed by atoms with Crippen LogP contribution in [0.15, 0.2) is 48.8 Å². The molecule has 162 valence electrons. The predicted molar refractivity (Wildman–Crippen MR) is 107 cm³/mol. The Morgan fingerprint density at radius 1 is 1.19 bits per heavy atom. The van der Waals surface area contributed by atoms with E-state index in [0.29, 0.717) is 5.69 Å². The molecular formula is C22H21F3N4O2. The first-order chi connectivity index (χ1) is 14.7. The molecule has 0 saturated heterocycles. The number of halogens is 3. The fourth-order valence-corrected chi connectivity index (χ4v) is 3.51. The number of ether oxygens (including phenoxy) is 1. The Morgan fingerprint density at radius 2 is 1.97 bits per heavy atom. The zero-order valence-corrected chi connectivity index (χ0v) is 17.0. The quantitative estimate of drug-likeness (QED) is 0.584. The average Bonchev–Trinajstić information content (AvgIpc) is 3.56. The third-order valence-electron chi connectivity index (χ3n) is 5.50. The lowest BCUT2D eigenvalue weighted by molar-refractivity contribution is -0.154. The number of para-hydroxylation sites is 1. The van der Waals surface area contributed by atoms with Gasteiger partial charge in [0.2, 0.25) is 11.8 Å². The Bertz CT molecular complexity index is 1090. The molecule has 0 aliphatic heterocycles. The number of hydrogen-bond donors (Lipinski definition) is 0. The minimum atomic E-state index is -4.44. The molecule has 1 fully saturated rings. The summed E-state index contributed by atoms with van der Waals surface area (Å²) >= 11 is 0. The zero-order valence-electron chi connectivity index (χ0n) is 17.0. The first kappa shape index (κ1) is 21.0. The number of fused-ring (bicyclic) bond motifs is 1. The van der Waals surface area contributed by atoms with Gasteiger partial charge in [0.25, 0.3) is 0 Å². The Morgan fingerprint density at radius 3 is 2.68 bits per heavy atom. The first-order valence-electron chi connectivity index (χ1n) is 9.87. The molecule has 0 N–H and O–H groups in total. The summed E-state index contributed by atoms with van der Waals surface area (Å²) < 4.78 is 41.3. The summed E-state index contributed by atoms with van der Waals surface area (Å²) in [7, 11) is 1.69. The molecule has 0 radical (unpaired) electrons. The van der Waals surface area contributed by atoms with E-state index in [9.17, 15) is 18.0 Å². The molecule has 3 aromatic rings. The number of benzene rings is 1. The van der Waals surface area contributed by atoms with E-state index in [1.807, 2.05) is 36.4 Å². The van der Waals surface area contributed by atoms with Gasteiger partial charge in [0.1, 0.15) is 0 Å². The van der Waals surface area contributed by atoms with Crippen molar-refractivity contribution in [3.63, 3.8) is 0 Å². The van der Waals surface area contributed by atoms with Crippen molar-refractivity contribution in [3.8, 4) is 5.88 Å². The lowest BCUT2D eigenvalue weighted by Gasteiger charge is -2.24. The number of aromatic nitrogens is 3. The van der Waals surface area contributed by atoms with Crippen molar-refractivity contribution < 1.29 is 22.7 Å². The lowest BCUT2D eigenvalue weighted by Crippen LogP contribution is -2.31. The number of carbonyl (C=O) groups excluding carboxylic acids is 1. The van der Waals surface area contributed by atoms with Gasteiger partial charge in [-0.2, -0.15) is 13.2 Å². The second kappa shape index (κ2) is 8.13. The number of amides is 1. The second-order valence-corrected chi connectivity index (χ2v) is 7.69. The van der Waals surface area contributed by atoms with Crippen LogP contribution in [0, 0.1) is 5.92 Å². The third-order valence-corrected chi connectivity index (χ3v) is 5.50. The highest BCUT2D eigenvalue weighted by Crippen LogP contribution is 2.48. The molecule has 6 nitrogen and oxygen atoms in total. The molecule has 0 bridgehead atoms. The van der Waals surface area contributed by atoms with Crippen molar-refractivity contribution in [2.24, 2.45) is 5.92 Å². The van der Waals surface area contributed by atoms with Crippen LogP contribution in [0.25, 0.3) is 10.9 Å². The van der Waals surface area contributed by atoms with Crippen molar-refractivity contribution in [3.05, 3.63) is 60.2 Å².